The van der Waals surface area contributed by atoms with Crippen LogP contribution in [0.25, 0.3) is 0 Å². The molecule has 0 radical (unpaired) electrons. The van der Waals surface area contributed by atoms with E-state index in [4.69, 9.17) is 11.6 Å². The van der Waals surface area contributed by atoms with Gasteiger partial charge in [0, 0.05) is 12.8 Å². The lowest BCUT2D eigenvalue weighted by Gasteiger charge is -2.09. The van der Waals surface area contributed by atoms with Crippen LogP contribution in [-0.4, -0.2) is 21.2 Å². The highest BCUT2D eigenvalue weighted by molar-refractivity contribution is 7.90. The van der Waals surface area contributed by atoms with E-state index in [1.54, 1.807) is 12.1 Å². The fourth-order valence-electron chi connectivity index (χ4n) is 1.47. The molecular weight excluding hydrogens is 258 g/mol. The van der Waals surface area contributed by atoms with Gasteiger partial charge in [-0.2, -0.15) is 0 Å². The second-order valence-corrected chi connectivity index (χ2v) is 6.47. The smallest absolute Gasteiger partial charge is 0.175 e. The second-order valence-electron chi connectivity index (χ2n) is 4.05. The highest BCUT2D eigenvalue weighted by atomic mass is 35.5. The minimum absolute atomic E-state index is 0.292. The maximum absolute atomic E-state index is 11.4. The number of hydrogen-bond acceptors (Lipinski definition) is 3. The average molecular weight is 276 g/mol. The van der Waals surface area contributed by atoms with Crippen LogP contribution in [0.3, 0.4) is 0 Å². The van der Waals surface area contributed by atoms with Crippen molar-refractivity contribution in [1.82, 2.24) is 0 Å². The van der Waals surface area contributed by atoms with Gasteiger partial charge < -0.3 is 5.32 Å². The van der Waals surface area contributed by atoms with E-state index in [1.807, 2.05) is 0 Å². The molecular formula is C12H18ClNO2S. The monoisotopic (exact) mass is 275 g/mol. The topological polar surface area (TPSA) is 46.2 Å². The molecule has 0 spiro atoms. The maximum atomic E-state index is 11.4. The van der Waals surface area contributed by atoms with Gasteiger partial charge >= 0.3 is 0 Å². The molecule has 5 heteroatoms. The van der Waals surface area contributed by atoms with Gasteiger partial charge in [0.25, 0.3) is 0 Å². The summed E-state index contributed by atoms with van der Waals surface area (Å²) in [7, 11) is -3.18. The van der Waals surface area contributed by atoms with Gasteiger partial charge in [-0.15, -0.1) is 0 Å². The molecule has 1 aromatic rings. The van der Waals surface area contributed by atoms with Gasteiger partial charge in [-0.05, 0) is 24.6 Å². The van der Waals surface area contributed by atoms with Crippen molar-refractivity contribution in [3.8, 4) is 0 Å². The molecule has 96 valence electrons. The van der Waals surface area contributed by atoms with Crippen LogP contribution in [0.4, 0.5) is 5.69 Å². The third-order valence-electron chi connectivity index (χ3n) is 2.46. The summed E-state index contributed by atoms with van der Waals surface area (Å²) in [6.07, 6.45) is 4.54. The van der Waals surface area contributed by atoms with E-state index in [-0.39, 0.29) is 0 Å². The molecule has 0 saturated heterocycles. The third kappa shape index (κ3) is 4.56. The van der Waals surface area contributed by atoms with Gasteiger partial charge in [0.05, 0.1) is 15.6 Å². The van der Waals surface area contributed by atoms with Crippen molar-refractivity contribution in [2.24, 2.45) is 0 Å². The number of anilines is 1. The normalized spacial score (nSPS) is 11.5. The first-order valence-corrected chi connectivity index (χ1v) is 7.95. The SMILES string of the molecule is CCCCCNc1cc(S(C)(=O)=O)ccc1Cl. The summed E-state index contributed by atoms with van der Waals surface area (Å²) in [5.74, 6) is 0. The Kier molecular flexibility index (Phi) is 5.28. The van der Waals surface area contributed by atoms with Gasteiger partial charge in [-0.3, -0.25) is 0 Å². The molecule has 0 amide bonds. The van der Waals surface area contributed by atoms with E-state index in [1.165, 1.54) is 12.3 Å². The first-order valence-electron chi connectivity index (χ1n) is 5.68. The third-order valence-corrected chi connectivity index (χ3v) is 3.90. The number of hydrogen-bond donors (Lipinski definition) is 1. The summed E-state index contributed by atoms with van der Waals surface area (Å²) in [6.45, 7) is 2.94. The summed E-state index contributed by atoms with van der Waals surface area (Å²) in [5, 5.41) is 3.71. The van der Waals surface area contributed by atoms with Gasteiger partial charge in [-0.1, -0.05) is 31.4 Å². The molecule has 3 nitrogen and oxygen atoms in total. The molecule has 0 heterocycles. The van der Waals surface area contributed by atoms with Crippen molar-refractivity contribution in [3.05, 3.63) is 23.2 Å². The predicted molar refractivity (Wildman–Crippen MR) is 72.6 cm³/mol. The van der Waals surface area contributed by atoms with Crippen LogP contribution in [0.1, 0.15) is 26.2 Å². The Morgan fingerprint density at radius 1 is 1.29 bits per heavy atom. The van der Waals surface area contributed by atoms with Crippen LogP contribution in [0, 0.1) is 0 Å². The molecule has 0 fully saturated rings. The van der Waals surface area contributed by atoms with Crippen LogP contribution < -0.4 is 5.32 Å². The highest BCUT2D eigenvalue weighted by Crippen LogP contribution is 2.25. The molecule has 0 saturated carbocycles. The summed E-state index contributed by atoms with van der Waals surface area (Å²) >= 11 is 6.00. The minimum Gasteiger partial charge on any atom is -0.384 e. The van der Waals surface area contributed by atoms with Crippen LogP contribution in [0.2, 0.25) is 5.02 Å². The first-order chi connectivity index (χ1) is 7.95. The standard InChI is InChI=1S/C12H18ClNO2S/c1-3-4-5-8-14-12-9-10(17(2,15)16)6-7-11(12)13/h6-7,9,14H,3-5,8H2,1-2H3. The van der Waals surface area contributed by atoms with Crippen LogP contribution in [0.5, 0.6) is 0 Å². The summed E-state index contributed by atoms with van der Waals surface area (Å²) in [5.41, 5.74) is 0.686. The van der Waals surface area contributed by atoms with E-state index < -0.39 is 9.84 Å². The zero-order chi connectivity index (χ0) is 12.9. The van der Waals surface area contributed by atoms with E-state index in [0.29, 0.717) is 15.6 Å². The zero-order valence-corrected chi connectivity index (χ0v) is 11.7. The van der Waals surface area contributed by atoms with Crippen molar-refractivity contribution < 1.29 is 8.42 Å². The van der Waals surface area contributed by atoms with E-state index in [9.17, 15) is 8.42 Å². The Balaban J connectivity index is 2.77. The van der Waals surface area contributed by atoms with Crippen molar-refractivity contribution in [2.45, 2.75) is 31.1 Å². The minimum atomic E-state index is -3.18. The average Bonchev–Trinajstić information content (AvgIpc) is 2.25. The van der Waals surface area contributed by atoms with Crippen LogP contribution in [-0.2, 0) is 9.84 Å². The molecule has 0 aliphatic heterocycles. The zero-order valence-electron chi connectivity index (χ0n) is 10.2. The summed E-state index contributed by atoms with van der Waals surface area (Å²) < 4.78 is 22.8. The number of sulfone groups is 1. The Labute approximate surface area is 108 Å². The quantitative estimate of drug-likeness (QED) is 0.810. The Morgan fingerprint density at radius 3 is 2.59 bits per heavy atom. The van der Waals surface area contributed by atoms with E-state index >= 15 is 0 Å². The second kappa shape index (κ2) is 6.26. The number of benzene rings is 1. The molecule has 0 unspecified atom stereocenters. The fraction of sp³-hybridized carbons (Fsp3) is 0.500. The predicted octanol–water partition coefficient (Wildman–Crippen LogP) is 3.35. The molecule has 1 aromatic carbocycles. The van der Waals surface area contributed by atoms with Crippen LogP contribution in [0.15, 0.2) is 23.1 Å². The summed E-state index contributed by atoms with van der Waals surface area (Å²) in [4.78, 5) is 0.292. The molecule has 1 N–H and O–H groups in total. The highest BCUT2D eigenvalue weighted by Gasteiger charge is 2.09. The Morgan fingerprint density at radius 2 is 2.00 bits per heavy atom. The molecule has 0 atom stereocenters. The molecule has 17 heavy (non-hydrogen) atoms. The lowest BCUT2D eigenvalue weighted by Crippen LogP contribution is -2.04. The number of unbranched alkanes of at least 4 members (excludes halogenated alkanes) is 2. The van der Waals surface area contributed by atoms with Gasteiger partial charge in [0.2, 0.25) is 0 Å². The van der Waals surface area contributed by atoms with Crippen molar-refractivity contribution in [3.63, 3.8) is 0 Å². The van der Waals surface area contributed by atoms with Gasteiger partial charge in [-0.25, -0.2) is 8.42 Å². The number of nitrogens with one attached hydrogen (secondary N) is 1. The van der Waals surface area contributed by atoms with E-state index in [0.717, 1.165) is 25.8 Å². The lowest BCUT2D eigenvalue weighted by atomic mass is 10.2. The Bertz CT molecular complexity index is 471. The number of halogens is 1. The van der Waals surface area contributed by atoms with Crippen LogP contribution >= 0.6 is 11.6 Å². The first kappa shape index (κ1) is 14.3. The molecule has 0 bridgehead atoms. The summed E-state index contributed by atoms with van der Waals surface area (Å²) in [6, 6.07) is 4.72. The Hall–Kier alpha value is -0.740. The van der Waals surface area contributed by atoms with Crippen molar-refractivity contribution >= 4 is 27.1 Å². The van der Waals surface area contributed by atoms with E-state index in [2.05, 4.69) is 12.2 Å². The number of rotatable bonds is 6. The molecule has 0 aliphatic carbocycles. The molecule has 0 aromatic heterocycles. The van der Waals surface area contributed by atoms with Crippen molar-refractivity contribution in [1.29, 1.82) is 0 Å². The van der Waals surface area contributed by atoms with Gasteiger partial charge in [0.15, 0.2) is 9.84 Å². The molecule has 0 aliphatic rings. The maximum Gasteiger partial charge on any atom is 0.175 e. The molecule has 1 rings (SSSR count). The fourth-order valence-corrected chi connectivity index (χ4v) is 2.30. The van der Waals surface area contributed by atoms with Crippen molar-refractivity contribution in [2.75, 3.05) is 18.1 Å². The largest absolute Gasteiger partial charge is 0.384 e. The lowest BCUT2D eigenvalue weighted by molar-refractivity contribution is 0.602. The van der Waals surface area contributed by atoms with Gasteiger partial charge in [0.1, 0.15) is 0 Å².